The molecule has 0 aliphatic carbocycles. The van der Waals surface area contributed by atoms with E-state index in [9.17, 15) is 18.0 Å². The summed E-state index contributed by atoms with van der Waals surface area (Å²) in [5, 5.41) is 5.02. The number of carbonyl (C=O) groups is 1. The van der Waals surface area contributed by atoms with Crippen LogP contribution < -0.4 is 10.6 Å². The van der Waals surface area contributed by atoms with E-state index in [1.54, 1.807) is 26.8 Å². The van der Waals surface area contributed by atoms with E-state index >= 15 is 0 Å². The van der Waals surface area contributed by atoms with Crippen LogP contribution in [0.25, 0.3) is 0 Å². The lowest BCUT2D eigenvalue weighted by atomic mass is 10.0. The first-order valence-electron chi connectivity index (χ1n) is 6.70. The third kappa shape index (κ3) is 5.75. The van der Waals surface area contributed by atoms with E-state index in [0.717, 1.165) is 0 Å². The molecule has 1 amide bonds. The zero-order chi connectivity index (χ0) is 16.3. The lowest BCUT2D eigenvalue weighted by Crippen LogP contribution is -2.52. The van der Waals surface area contributed by atoms with Crippen molar-refractivity contribution in [2.45, 2.75) is 51.5 Å². The minimum atomic E-state index is -4.47. The van der Waals surface area contributed by atoms with Crippen LogP contribution in [0.1, 0.15) is 39.3 Å². The normalized spacial score (nSPS) is 15.4. The summed E-state index contributed by atoms with van der Waals surface area (Å²) in [7, 11) is 0. The number of rotatable bonds is 4. The van der Waals surface area contributed by atoms with Crippen molar-refractivity contribution in [2.24, 2.45) is 0 Å². The van der Waals surface area contributed by atoms with Crippen molar-refractivity contribution in [3.8, 4) is 0 Å². The van der Waals surface area contributed by atoms with Crippen molar-refractivity contribution in [2.75, 3.05) is 0 Å². The van der Waals surface area contributed by atoms with Gasteiger partial charge >= 0.3 is 6.18 Å². The number of alkyl halides is 3. The maximum Gasteiger partial charge on any atom is 0.407 e. The monoisotopic (exact) mass is 302 g/mol. The molecule has 0 radical (unpaired) electrons. The predicted molar refractivity (Wildman–Crippen MR) is 75.7 cm³/mol. The molecule has 1 rings (SSSR count). The second-order valence-corrected chi connectivity index (χ2v) is 6.01. The molecule has 0 bridgehead atoms. The molecule has 3 nitrogen and oxygen atoms in total. The Bertz CT molecular complexity index is 466. The van der Waals surface area contributed by atoms with Crippen LogP contribution in [0, 0.1) is 0 Å². The largest absolute Gasteiger partial charge is 0.407 e. The van der Waals surface area contributed by atoms with Crippen LogP contribution in [-0.2, 0) is 4.79 Å². The van der Waals surface area contributed by atoms with Gasteiger partial charge in [-0.2, -0.15) is 13.2 Å². The Morgan fingerprint density at radius 2 is 1.62 bits per heavy atom. The van der Waals surface area contributed by atoms with Crippen LogP contribution in [-0.4, -0.2) is 23.7 Å². The molecule has 1 aromatic carbocycles. The second kappa shape index (κ2) is 6.47. The Kier molecular flexibility index (Phi) is 5.39. The molecule has 0 heterocycles. The molecule has 0 aliphatic rings. The van der Waals surface area contributed by atoms with Gasteiger partial charge in [0.15, 0.2) is 0 Å². The molecule has 2 unspecified atom stereocenters. The molecule has 0 saturated carbocycles. The van der Waals surface area contributed by atoms with Gasteiger partial charge in [0.2, 0.25) is 5.91 Å². The smallest absolute Gasteiger partial charge is 0.350 e. The Morgan fingerprint density at radius 1 is 1.10 bits per heavy atom. The summed E-state index contributed by atoms with van der Waals surface area (Å²) in [5.74, 6) is -0.465. The fourth-order valence-corrected chi connectivity index (χ4v) is 1.83. The van der Waals surface area contributed by atoms with Gasteiger partial charge in [-0.1, -0.05) is 30.3 Å². The van der Waals surface area contributed by atoms with E-state index in [4.69, 9.17) is 0 Å². The number of hydrogen-bond acceptors (Lipinski definition) is 2. The molecule has 2 N–H and O–H groups in total. The van der Waals surface area contributed by atoms with E-state index in [-0.39, 0.29) is 5.56 Å². The lowest BCUT2D eigenvalue weighted by molar-refractivity contribution is -0.160. The topological polar surface area (TPSA) is 41.1 Å². The van der Waals surface area contributed by atoms with Gasteiger partial charge in [0.1, 0.15) is 6.04 Å². The van der Waals surface area contributed by atoms with Crippen molar-refractivity contribution in [1.82, 2.24) is 10.6 Å². The molecule has 0 spiro atoms. The van der Waals surface area contributed by atoms with E-state index < -0.39 is 29.7 Å². The molecule has 0 aliphatic heterocycles. The Morgan fingerprint density at radius 3 is 2.05 bits per heavy atom. The zero-order valence-electron chi connectivity index (χ0n) is 12.6. The number of amides is 1. The van der Waals surface area contributed by atoms with E-state index in [1.807, 2.05) is 0 Å². The minimum Gasteiger partial charge on any atom is -0.350 e. The fourth-order valence-electron chi connectivity index (χ4n) is 1.83. The highest BCUT2D eigenvalue weighted by Crippen LogP contribution is 2.32. The van der Waals surface area contributed by atoms with Gasteiger partial charge < -0.3 is 5.32 Å². The Balaban J connectivity index is 2.86. The average Bonchev–Trinajstić information content (AvgIpc) is 2.33. The van der Waals surface area contributed by atoms with Crippen LogP contribution in [0.15, 0.2) is 30.3 Å². The third-order valence-corrected chi connectivity index (χ3v) is 2.77. The summed E-state index contributed by atoms with van der Waals surface area (Å²) in [6, 6.07) is 4.66. The number of hydrogen-bond donors (Lipinski definition) is 2. The van der Waals surface area contributed by atoms with Gasteiger partial charge in [0, 0.05) is 5.54 Å². The lowest BCUT2D eigenvalue weighted by Gasteiger charge is -2.28. The second-order valence-electron chi connectivity index (χ2n) is 6.01. The third-order valence-electron chi connectivity index (χ3n) is 2.77. The molecule has 0 fully saturated rings. The van der Waals surface area contributed by atoms with E-state index in [1.165, 1.54) is 31.2 Å². The number of halogens is 3. The highest BCUT2D eigenvalue weighted by atomic mass is 19.4. The molecule has 0 saturated heterocycles. The molecule has 118 valence electrons. The summed E-state index contributed by atoms with van der Waals surface area (Å²) < 4.78 is 39.5. The highest BCUT2D eigenvalue weighted by molar-refractivity contribution is 5.82. The van der Waals surface area contributed by atoms with Crippen LogP contribution in [0.4, 0.5) is 13.2 Å². The summed E-state index contributed by atoms with van der Waals surface area (Å²) in [4.78, 5) is 11.9. The minimum absolute atomic E-state index is 0.0837. The number of nitrogens with one attached hydrogen (secondary N) is 2. The molecule has 2 atom stereocenters. The standard InChI is InChI=1S/C15H21F3N2O/c1-10(13(21)20-14(2,3)4)19-12(15(16,17)18)11-8-6-5-7-9-11/h5-10,12,19H,1-4H3,(H,20,21). The summed E-state index contributed by atoms with van der Waals surface area (Å²) in [5.41, 5.74) is -0.409. The molecule has 21 heavy (non-hydrogen) atoms. The van der Waals surface area contributed by atoms with Crippen molar-refractivity contribution in [3.05, 3.63) is 35.9 Å². The Labute approximate surface area is 122 Å². The molecular formula is C15H21F3N2O. The molecule has 6 heteroatoms. The van der Waals surface area contributed by atoms with Crippen molar-refractivity contribution >= 4 is 5.91 Å². The van der Waals surface area contributed by atoms with Crippen LogP contribution in [0.2, 0.25) is 0 Å². The van der Waals surface area contributed by atoms with Gasteiger partial charge in [0.05, 0.1) is 6.04 Å². The van der Waals surface area contributed by atoms with Crippen molar-refractivity contribution in [1.29, 1.82) is 0 Å². The highest BCUT2D eigenvalue weighted by Gasteiger charge is 2.42. The maximum absolute atomic E-state index is 13.2. The van der Waals surface area contributed by atoms with Gasteiger partial charge in [-0.05, 0) is 33.3 Å². The van der Waals surface area contributed by atoms with E-state index in [2.05, 4.69) is 10.6 Å². The molecular weight excluding hydrogens is 281 g/mol. The Hall–Kier alpha value is -1.56. The number of benzene rings is 1. The first-order chi connectivity index (χ1) is 9.50. The van der Waals surface area contributed by atoms with Gasteiger partial charge in [-0.3, -0.25) is 10.1 Å². The van der Waals surface area contributed by atoms with Gasteiger partial charge in [0.25, 0.3) is 0 Å². The van der Waals surface area contributed by atoms with Crippen molar-refractivity contribution in [3.63, 3.8) is 0 Å². The number of carbonyl (C=O) groups excluding carboxylic acids is 1. The fraction of sp³-hybridized carbons (Fsp3) is 0.533. The maximum atomic E-state index is 13.2. The summed E-state index contributed by atoms with van der Waals surface area (Å²) in [6.45, 7) is 6.74. The van der Waals surface area contributed by atoms with Crippen LogP contribution in [0.5, 0.6) is 0 Å². The zero-order valence-corrected chi connectivity index (χ0v) is 12.6. The van der Waals surface area contributed by atoms with Crippen molar-refractivity contribution < 1.29 is 18.0 Å². The molecule has 0 aromatic heterocycles. The van der Waals surface area contributed by atoms with Gasteiger partial charge in [-0.15, -0.1) is 0 Å². The summed E-state index contributed by atoms with van der Waals surface area (Å²) in [6.07, 6.45) is -4.47. The summed E-state index contributed by atoms with van der Waals surface area (Å²) >= 11 is 0. The van der Waals surface area contributed by atoms with Gasteiger partial charge in [-0.25, -0.2) is 0 Å². The van der Waals surface area contributed by atoms with E-state index in [0.29, 0.717) is 0 Å². The SMILES string of the molecule is CC(NC(c1ccccc1)C(F)(F)F)C(=O)NC(C)(C)C. The molecule has 1 aromatic rings. The first-order valence-corrected chi connectivity index (χ1v) is 6.70. The quantitative estimate of drug-likeness (QED) is 0.897. The van der Waals surface area contributed by atoms with Crippen LogP contribution >= 0.6 is 0 Å². The first kappa shape index (κ1) is 17.5. The van der Waals surface area contributed by atoms with Crippen LogP contribution in [0.3, 0.4) is 0 Å². The predicted octanol–water partition coefficient (Wildman–Crippen LogP) is 3.18. The average molecular weight is 302 g/mol.